The van der Waals surface area contributed by atoms with Gasteiger partial charge in [0.05, 0.1) is 0 Å². The predicted molar refractivity (Wildman–Crippen MR) is 46.5 cm³/mol. The van der Waals surface area contributed by atoms with Crippen LogP contribution < -0.4 is 0 Å². The molecule has 0 N–H and O–H groups in total. The molecule has 0 spiro atoms. The molecule has 14 heavy (non-hydrogen) atoms. The van der Waals surface area contributed by atoms with Gasteiger partial charge in [0, 0.05) is 11.2 Å². The molecular weight excluding hydrogens is 237 g/mol. The smallest absolute Gasteiger partial charge is 0.445 e. The van der Waals surface area contributed by atoms with Gasteiger partial charge >= 0.3 is 10.5 Å². The third-order valence-corrected chi connectivity index (χ3v) is 4.04. The Morgan fingerprint density at radius 1 is 1.36 bits per heavy atom. The monoisotopic (exact) mass is 244 g/mol. The summed E-state index contributed by atoms with van der Waals surface area (Å²) in [6.45, 7) is 3.29. The third kappa shape index (κ3) is 2.58. The Bertz CT molecular complexity index is 312. The van der Waals surface area contributed by atoms with Crippen LogP contribution in [0.15, 0.2) is 4.34 Å². The molecule has 0 aliphatic rings. The number of alkyl halides is 3. The summed E-state index contributed by atoms with van der Waals surface area (Å²) in [5.74, 6) is 0. The molecule has 1 aromatic rings. The van der Waals surface area contributed by atoms with Crippen molar-refractivity contribution >= 4 is 22.5 Å². The molecule has 0 aliphatic carbocycles. The summed E-state index contributed by atoms with van der Waals surface area (Å²) >= 11 is -1.18. The van der Waals surface area contributed by atoms with E-state index in [-0.39, 0.29) is 9.59 Å². The van der Waals surface area contributed by atoms with Crippen molar-refractivity contribution in [1.29, 1.82) is 0 Å². The highest BCUT2D eigenvalue weighted by Crippen LogP contribution is 2.33. The van der Waals surface area contributed by atoms with Crippen LogP contribution in [0.5, 0.6) is 0 Å². The molecule has 0 aliphatic heterocycles. The second kappa shape index (κ2) is 4.03. The molecule has 1 rings (SSSR count). The van der Waals surface area contributed by atoms with Crippen LogP contribution in [0.1, 0.15) is 18.9 Å². The van der Waals surface area contributed by atoms with Crippen molar-refractivity contribution in [1.82, 2.24) is 10.2 Å². The predicted octanol–water partition coefficient (Wildman–Crippen LogP) is 2.07. The fourth-order valence-corrected chi connectivity index (χ4v) is 2.72. The number of aromatic nitrogens is 2. The lowest BCUT2D eigenvalue weighted by Crippen LogP contribution is -2.13. The lowest BCUT2D eigenvalue weighted by atomic mass is 10.6. The summed E-state index contributed by atoms with van der Waals surface area (Å²) in [6, 6.07) is 0. The molecule has 0 bridgehead atoms. The average molecular weight is 244 g/mol. The first-order valence-corrected chi connectivity index (χ1v) is 5.66. The van der Waals surface area contributed by atoms with Crippen molar-refractivity contribution < 1.29 is 17.7 Å². The summed E-state index contributed by atoms with van der Waals surface area (Å²) in [5, 5.41) is 4.88. The minimum Gasteiger partial charge on any atom is -0.609 e. The summed E-state index contributed by atoms with van der Waals surface area (Å²) in [6.07, 6.45) is -4.50. The van der Waals surface area contributed by atoms with E-state index in [9.17, 15) is 17.7 Å². The topological polar surface area (TPSA) is 48.8 Å². The SMILES string of the molecule is CC(C)[S+]([O-])c1nnc(C(F)(F)F)s1. The van der Waals surface area contributed by atoms with Gasteiger partial charge in [-0.1, -0.05) is 5.10 Å². The van der Waals surface area contributed by atoms with Crippen LogP contribution >= 0.6 is 11.3 Å². The van der Waals surface area contributed by atoms with Crippen LogP contribution in [-0.2, 0) is 17.4 Å². The Labute approximate surface area is 85.5 Å². The molecular formula is C6H7F3N2OS2. The lowest BCUT2D eigenvalue weighted by molar-refractivity contribution is -0.138. The van der Waals surface area contributed by atoms with Gasteiger partial charge in [-0.2, -0.15) is 13.2 Å². The van der Waals surface area contributed by atoms with Gasteiger partial charge in [-0.05, 0) is 25.2 Å². The molecule has 1 unspecified atom stereocenters. The van der Waals surface area contributed by atoms with E-state index in [1.807, 2.05) is 0 Å². The van der Waals surface area contributed by atoms with E-state index in [1.165, 1.54) is 0 Å². The second-order valence-corrected chi connectivity index (χ2v) is 5.88. The van der Waals surface area contributed by atoms with E-state index in [0.717, 1.165) is 0 Å². The van der Waals surface area contributed by atoms with Crippen LogP contribution in [0, 0.1) is 0 Å². The molecule has 8 heteroatoms. The zero-order valence-electron chi connectivity index (χ0n) is 7.33. The minimum absolute atomic E-state index is 0.0766. The zero-order valence-corrected chi connectivity index (χ0v) is 8.96. The maximum absolute atomic E-state index is 12.1. The minimum atomic E-state index is -4.50. The molecule has 0 saturated heterocycles. The van der Waals surface area contributed by atoms with Gasteiger partial charge in [-0.25, -0.2) is 0 Å². The molecule has 1 aromatic heterocycles. The lowest BCUT2D eigenvalue weighted by Gasteiger charge is -2.08. The van der Waals surface area contributed by atoms with E-state index in [1.54, 1.807) is 13.8 Å². The Balaban J connectivity index is 2.89. The number of nitrogens with zero attached hydrogens (tertiary/aromatic N) is 2. The molecule has 0 amide bonds. The van der Waals surface area contributed by atoms with E-state index < -0.39 is 22.4 Å². The van der Waals surface area contributed by atoms with Crippen LogP contribution in [0.3, 0.4) is 0 Å². The van der Waals surface area contributed by atoms with Crippen molar-refractivity contribution in [3.8, 4) is 0 Å². The first-order chi connectivity index (χ1) is 6.32. The van der Waals surface area contributed by atoms with Crippen molar-refractivity contribution in [2.24, 2.45) is 0 Å². The van der Waals surface area contributed by atoms with Gasteiger partial charge in [-0.15, -0.1) is 5.10 Å². The highest BCUT2D eigenvalue weighted by molar-refractivity contribution is 7.93. The summed E-state index contributed by atoms with van der Waals surface area (Å²) < 4.78 is 47.5. The Morgan fingerprint density at radius 2 is 1.93 bits per heavy atom. The van der Waals surface area contributed by atoms with Crippen LogP contribution in [0.25, 0.3) is 0 Å². The average Bonchev–Trinajstić information content (AvgIpc) is 2.49. The molecule has 0 fully saturated rings. The second-order valence-electron chi connectivity index (χ2n) is 2.72. The van der Waals surface area contributed by atoms with Gasteiger partial charge in [0.15, 0.2) is 0 Å². The molecule has 0 aromatic carbocycles. The van der Waals surface area contributed by atoms with E-state index >= 15 is 0 Å². The van der Waals surface area contributed by atoms with Gasteiger partial charge < -0.3 is 4.55 Å². The number of hydrogen-bond donors (Lipinski definition) is 0. The maximum atomic E-state index is 12.1. The third-order valence-electron chi connectivity index (χ3n) is 1.25. The molecule has 3 nitrogen and oxygen atoms in total. The summed E-state index contributed by atoms with van der Waals surface area (Å²) in [5.41, 5.74) is 0. The van der Waals surface area contributed by atoms with E-state index in [4.69, 9.17) is 0 Å². The van der Waals surface area contributed by atoms with Crippen molar-refractivity contribution in [2.75, 3.05) is 0 Å². The number of hydrogen-bond acceptors (Lipinski definition) is 4. The van der Waals surface area contributed by atoms with E-state index in [0.29, 0.717) is 11.3 Å². The largest absolute Gasteiger partial charge is 0.609 e. The molecule has 0 saturated carbocycles. The van der Waals surface area contributed by atoms with Gasteiger partial charge in [-0.3, -0.25) is 0 Å². The fourth-order valence-electron chi connectivity index (χ4n) is 0.607. The van der Waals surface area contributed by atoms with Crippen LogP contribution in [0.2, 0.25) is 0 Å². The number of halogens is 3. The van der Waals surface area contributed by atoms with Gasteiger partial charge in [0.1, 0.15) is 5.25 Å². The van der Waals surface area contributed by atoms with Crippen LogP contribution in [0.4, 0.5) is 13.2 Å². The summed E-state index contributed by atoms with van der Waals surface area (Å²) in [7, 11) is 0. The van der Waals surface area contributed by atoms with Crippen molar-refractivity contribution in [3.05, 3.63) is 5.01 Å². The van der Waals surface area contributed by atoms with Gasteiger partial charge in [0.2, 0.25) is 5.01 Å². The summed E-state index contributed by atoms with van der Waals surface area (Å²) in [4.78, 5) is 0. The highest BCUT2D eigenvalue weighted by atomic mass is 32.2. The normalized spacial score (nSPS) is 14.8. The van der Waals surface area contributed by atoms with Crippen molar-refractivity contribution in [3.63, 3.8) is 0 Å². The van der Waals surface area contributed by atoms with E-state index in [2.05, 4.69) is 10.2 Å². The quantitative estimate of drug-likeness (QED) is 0.748. The first kappa shape index (κ1) is 11.7. The zero-order chi connectivity index (χ0) is 10.9. The molecule has 0 radical (unpaired) electrons. The fraction of sp³-hybridized carbons (Fsp3) is 0.667. The molecule has 80 valence electrons. The standard InChI is InChI=1S/C6H7F3N2OS2/c1-3(2)14(12)5-11-10-4(13-5)6(7,8)9/h3H,1-2H3. The Morgan fingerprint density at radius 3 is 2.29 bits per heavy atom. The van der Waals surface area contributed by atoms with Gasteiger partial charge in [0.25, 0.3) is 0 Å². The Kier molecular flexibility index (Phi) is 3.38. The first-order valence-electron chi connectivity index (χ1n) is 3.63. The Hall–Kier alpha value is -0.340. The highest BCUT2D eigenvalue weighted by Gasteiger charge is 2.37. The molecule has 1 heterocycles. The van der Waals surface area contributed by atoms with Crippen molar-refractivity contribution in [2.45, 2.75) is 29.6 Å². The maximum Gasteiger partial charge on any atom is 0.445 e. The van der Waals surface area contributed by atoms with Crippen LogP contribution in [-0.4, -0.2) is 20.0 Å². The number of rotatable bonds is 2. The molecule has 1 atom stereocenters.